The number of rotatable bonds is 8. The Bertz CT molecular complexity index is 752. The fourth-order valence-electron chi connectivity index (χ4n) is 3.25. The minimum atomic E-state index is 1.14. The zero-order valence-corrected chi connectivity index (χ0v) is 13.7. The molecule has 118 valence electrons. The number of H-pyrrole nitrogens is 1. The van der Waals surface area contributed by atoms with Gasteiger partial charge in [-0.05, 0) is 42.9 Å². The van der Waals surface area contributed by atoms with Crippen LogP contribution in [0.25, 0.3) is 22.2 Å². The van der Waals surface area contributed by atoms with E-state index in [0.29, 0.717) is 0 Å². The first-order valence-corrected chi connectivity index (χ1v) is 8.66. The highest BCUT2D eigenvalue weighted by molar-refractivity contribution is 5.90. The topological polar surface area (TPSA) is 15.8 Å². The molecule has 0 spiro atoms. The molecule has 0 aliphatic rings. The van der Waals surface area contributed by atoms with E-state index in [-0.39, 0.29) is 0 Å². The van der Waals surface area contributed by atoms with E-state index in [1.165, 1.54) is 53.4 Å². The Kier molecular flexibility index (Phi) is 5.31. The van der Waals surface area contributed by atoms with Gasteiger partial charge in [0.15, 0.2) is 0 Å². The van der Waals surface area contributed by atoms with Crippen LogP contribution in [-0.4, -0.2) is 4.98 Å². The van der Waals surface area contributed by atoms with Crippen molar-refractivity contribution in [2.75, 3.05) is 0 Å². The van der Waals surface area contributed by atoms with Crippen LogP contribution in [0.2, 0.25) is 0 Å². The standard InChI is InChI=1S/C22H25N/c1-2-3-4-5-6-10-16-20-19-15-11-12-17-21(19)23-22(20)18-13-8-7-9-14-18/h2,7-9,11-15,17,23H,1,3-6,10,16H2. The summed E-state index contributed by atoms with van der Waals surface area (Å²) < 4.78 is 0. The lowest BCUT2D eigenvalue weighted by atomic mass is 9.99. The number of hydrogen-bond donors (Lipinski definition) is 1. The highest BCUT2D eigenvalue weighted by atomic mass is 14.7. The molecule has 3 aromatic rings. The van der Waals surface area contributed by atoms with E-state index in [1.807, 2.05) is 6.08 Å². The van der Waals surface area contributed by atoms with E-state index in [4.69, 9.17) is 0 Å². The molecule has 1 nitrogen and oxygen atoms in total. The van der Waals surface area contributed by atoms with Crippen molar-refractivity contribution in [3.63, 3.8) is 0 Å². The molecule has 1 heteroatoms. The van der Waals surface area contributed by atoms with Crippen LogP contribution in [0, 0.1) is 0 Å². The zero-order chi connectivity index (χ0) is 15.9. The predicted octanol–water partition coefficient (Wildman–Crippen LogP) is 6.51. The van der Waals surface area contributed by atoms with Crippen molar-refractivity contribution in [2.24, 2.45) is 0 Å². The lowest BCUT2D eigenvalue weighted by Crippen LogP contribution is -1.89. The summed E-state index contributed by atoms with van der Waals surface area (Å²) in [6.07, 6.45) is 9.41. The molecule has 0 radical (unpaired) electrons. The molecule has 3 rings (SSSR count). The van der Waals surface area contributed by atoms with Crippen molar-refractivity contribution in [1.29, 1.82) is 0 Å². The second-order valence-corrected chi connectivity index (χ2v) is 6.13. The molecular weight excluding hydrogens is 278 g/mol. The van der Waals surface area contributed by atoms with Gasteiger partial charge >= 0.3 is 0 Å². The lowest BCUT2D eigenvalue weighted by Gasteiger charge is -2.05. The Balaban J connectivity index is 1.81. The Morgan fingerprint density at radius 1 is 0.826 bits per heavy atom. The number of aromatic amines is 1. The van der Waals surface area contributed by atoms with Crippen LogP contribution in [0.1, 0.15) is 37.7 Å². The van der Waals surface area contributed by atoms with E-state index in [2.05, 4.69) is 66.2 Å². The number of benzene rings is 2. The van der Waals surface area contributed by atoms with Gasteiger partial charge in [-0.1, -0.05) is 67.4 Å². The summed E-state index contributed by atoms with van der Waals surface area (Å²) in [6, 6.07) is 19.3. The summed E-state index contributed by atoms with van der Waals surface area (Å²) in [4.78, 5) is 3.63. The molecule has 23 heavy (non-hydrogen) atoms. The number of nitrogens with one attached hydrogen (secondary N) is 1. The normalized spacial score (nSPS) is 11.0. The number of aryl methyl sites for hydroxylation is 1. The maximum atomic E-state index is 3.79. The first-order chi connectivity index (χ1) is 11.4. The Morgan fingerprint density at radius 2 is 1.57 bits per heavy atom. The van der Waals surface area contributed by atoms with Crippen molar-refractivity contribution in [2.45, 2.75) is 38.5 Å². The predicted molar refractivity (Wildman–Crippen MR) is 101 cm³/mol. The quantitative estimate of drug-likeness (QED) is 0.360. The molecule has 0 bridgehead atoms. The highest BCUT2D eigenvalue weighted by Gasteiger charge is 2.12. The third kappa shape index (κ3) is 3.73. The van der Waals surface area contributed by atoms with Crippen LogP contribution >= 0.6 is 0 Å². The van der Waals surface area contributed by atoms with Gasteiger partial charge in [0, 0.05) is 16.6 Å². The molecule has 1 heterocycles. The molecule has 0 amide bonds. The number of allylic oxidation sites excluding steroid dienone is 1. The van der Waals surface area contributed by atoms with Gasteiger partial charge in [-0.3, -0.25) is 0 Å². The van der Waals surface area contributed by atoms with Crippen molar-refractivity contribution >= 4 is 10.9 Å². The molecule has 1 aromatic heterocycles. The molecule has 0 unspecified atom stereocenters. The van der Waals surface area contributed by atoms with Gasteiger partial charge in [0.1, 0.15) is 0 Å². The van der Waals surface area contributed by atoms with Gasteiger partial charge in [0.05, 0.1) is 0 Å². The smallest absolute Gasteiger partial charge is 0.0497 e. The maximum Gasteiger partial charge on any atom is 0.0497 e. The van der Waals surface area contributed by atoms with E-state index < -0.39 is 0 Å². The Labute approximate surface area is 139 Å². The first-order valence-electron chi connectivity index (χ1n) is 8.66. The summed E-state index contributed by atoms with van der Waals surface area (Å²) in [5.74, 6) is 0. The Hall–Kier alpha value is -2.28. The summed E-state index contributed by atoms with van der Waals surface area (Å²) in [5.41, 5.74) is 5.28. The molecule has 0 saturated heterocycles. The highest BCUT2D eigenvalue weighted by Crippen LogP contribution is 2.31. The average molecular weight is 303 g/mol. The first kappa shape index (κ1) is 15.6. The van der Waals surface area contributed by atoms with Gasteiger partial charge in [-0.25, -0.2) is 0 Å². The average Bonchev–Trinajstić information content (AvgIpc) is 2.97. The summed E-state index contributed by atoms with van der Waals surface area (Å²) in [7, 11) is 0. The summed E-state index contributed by atoms with van der Waals surface area (Å²) in [6.45, 7) is 3.79. The number of unbranched alkanes of at least 4 members (excludes halogenated alkanes) is 4. The maximum absolute atomic E-state index is 3.79. The number of hydrogen-bond acceptors (Lipinski definition) is 0. The third-order valence-electron chi connectivity index (χ3n) is 4.46. The van der Waals surface area contributed by atoms with E-state index >= 15 is 0 Å². The van der Waals surface area contributed by atoms with Crippen molar-refractivity contribution in [1.82, 2.24) is 4.98 Å². The molecule has 0 fully saturated rings. The second kappa shape index (κ2) is 7.82. The minimum absolute atomic E-state index is 1.14. The third-order valence-corrected chi connectivity index (χ3v) is 4.46. The largest absolute Gasteiger partial charge is 0.354 e. The van der Waals surface area contributed by atoms with Gasteiger partial charge in [0.2, 0.25) is 0 Å². The number of fused-ring (bicyclic) bond motifs is 1. The molecule has 0 atom stereocenters. The van der Waals surface area contributed by atoms with E-state index in [9.17, 15) is 0 Å². The van der Waals surface area contributed by atoms with Gasteiger partial charge in [0.25, 0.3) is 0 Å². The van der Waals surface area contributed by atoms with Crippen LogP contribution in [0.15, 0.2) is 67.3 Å². The van der Waals surface area contributed by atoms with Crippen molar-refractivity contribution in [3.05, 3.63) is 72.8 Å². The molecular formula is C22H25N. The molecule has 1 N–H and O–H groups in total. The molecule has 0 saturated carbocycles. The Morgan fingerprint density at radius 3 is 2.39 bits per heavy atom. The molecule has 0 aliphatic heterocycles. The lowest BCUT2D eigenvalue weighted by molar-refractivity contribution is 0.648. The van der Waals surface area contributed by atoms with Crippen molar-refractivity contribution < 1.29 is 0 Å². The summed E-state index contributed by atoms with van der Waals surface area (Å²) >= 11 is 0. The summed E-state index contributed by atoms with van der Waals surface area (Å²) in [5, 5.41) is 1.37. The van der Waals surface area contributed by atoms with Crippen LogP contribution in [0.4, 0.5) is 0 Å². The SMILES string of the molecule is C=CCCCCCCc1c(-c2ccccc2)[nH]c2ccccc12. The van der Waals surface area contributed by atoms with Crippen LogP contribution in [0.3, 0.4) is 0 Å². The molecule has 0 aliphatic carbocycles. The fraction of sp³-hybridized carbons (Fsp3) is 0.273. The molecule has 2 aromatic carbocycles. The van der Waals surface area contributed by atoms with Crippen LogP contribution in [0.5, 0.6) is 0 Å². The number of para-hydroxylation sites is 1. The van der Waals surface area contributed by atoms with Crippen LogP contribution in [-0.2, 0) is 6.42 Å². The minimum Gasteiger partial charge on any atom is -0.354 e. The van der Waals surface area contributed by atoms with Crippen LogP contribution < -0.4 is 0 Å². The van der Waals surface area contributed by atoms with Gasteiger partial charge in [-0.15, -0.1) is 6.58 Å². The zero-order valence-electron chi connectivity index (χ0n) is 13.7. The van der Waals surface area contributed by atoms with E-state index in [0.717, 1.165) is 12.8 Å². The van der Waals surface area contributed by atoms with Crippen molar-refractivity contribution in [3.8, 4) is 11.3 Å². The van der Waals surface area contributed by atoms with E-state index in [1.54, 1.807) is 0 Å². The van der Waals surface area contributed by atoms with Gasteiger partial charge in [-0.2, -0.15) is 0 Å². The number of aromatic nitrogens is 1. The fourth-order valence-corrected chi connectivity index (χ4v) is 3.25. The second-order valence-electron chi connectivity index (χ2n) is 6.13. The monoisotopic (exact) mass is 303 g/mol. The van der Waals surface area contributed by atoms with Gasteiger partial charge < -0.3 is 4.98 Å².